The predicted octanol–water partition coefficient (Wildman–Crippen LogP) is 1.87. The molecule has 0 atom stereocenters. The van der Waals surface area contributed by atoms with Crippen molar-refractivity contribution < 1.29 is 14.6 Å². The number of aliphatic hydroxyl groups excluding tert-OH is 1. The Hall–Kier alpha value is -1.62. The highest BCUT2D eigenvalue weighted by Crippen LogP contribution is 2.20. The van der Waals surface area contributed by atoms with Crippen LogP contribution >= 0.6 is 0 Å². The van der Waals surface area contributed by atoms with E-state index >= 15 is 0 Å². The molecule has 1 N–H and O–H groups in total. The quantitative estimate of drug-likeness (QED) is 0.841. The zero-order valence-corrected chi connectivity index (χ0v) is 11.6. The van der Waals surface area contributed by atoms with Gasteiger partial charge in [-0.1, -0.05) is 0 Å². The molecule has 0 saturated carbocycles. The molecule has 0 radical (unpaired) electrons. The molecule has 1 aromatic rings. The maximum absolute atomic E-state index is 12.0. The molecule has 0 aliphatic carbocycles. The lowest BCUT2D eigenvalue weighted by molar-refractivity contribution is 0.0222. The lowest BCUT2D eigenvalue weighted by atomic mass is 10.0. The number of hydrogen-bond donors (Lipinski definition) is 1. The van der Waals surface area contributed by atoms with Crippen LogP contribution in [0.15, 0.2) is 12.3 Å². The number of amides is 1. The van der Waals surface area contributed by atoms with E-state index in [4.69, 9.17) is 9.84 Å². The van der Waals surface area contributed by atoms with E-state index in [2.05, 4.69) is 4.98 Å². The van der Waals surface area contributed by atoms with Crippen LogP contribution in [0.3, 0.4) is 0 Å². The third kappa shape index (κ3) is 3.44. The molecule has 0 bridgehead atoms. The highest BCUT2D eigenvalue weighted by molar-refractivity contribution is 5.68. The fraction of sp³-hybridized carbons (Fsp3) is 0.571. The van der Waals surface area contributed by atoms with Crippen molar-refractivity contribution in [2.75, 3.05) is 6.54 Å². The number of fused-ring (bicyclic) bond motifs is 1. The average molecular weight is 264 g/mol. The fourth-order valence-electron chi connectivity index (χ4n) is 2.04. The molecule has 104 valence electrons. The van der Waals surface area contributed by atoms with Crippen LogP contribution in [0.1, 0.15) is 37.6 Å². The fourth-order valence-corrected chi connectivity index (χ4v) is 2.04. The molecule has 5 heteroatoms. The molecule has 1 aliphatic rings. The highest BCUT2D eigenvalue weighted by atomic mass is 16.6. The van der Waals surface area contributed by atoms with Gasteiger partial charge >= 0.3 is 6.09 Å². The minimum Gasteiger partial charge on any atom is -0.444 e. The highest BCUT2D eigenvalue weighted by Gasteiger charge is 2.26. The van der Waals surface area contributed by atoms with Crippen molar-refractivity contribution in [3.05, 3.63) is 29.1 Å². The van der Waals surface area contributed by atoms with Gasteiger partial charge < -0.3 is 14.7 Å². The summed E-state index contributed by atoms with van der Waals surface area (Å²) in [7, 11) is 0. The average Bonchev–Trinajstić information content (AvgIpc) is 2.35. The van der Waals surface area contributed by atoms with Gasteiger partial charge in [0.1, 0.15) is 5.60 Å². The van der Waals surface area contributed by atoms with E-state index in [1.165, 1.54) is 0 Å². The molecule has 0 saturated heterocycles. The molecule has 2 rings (SSSR count). The van der Waals surface area contributed by atoms with Crippen LogP contribution in [-0.2, 0) is 24.3 Å². The summed E-state index contributed by atoms with van der Waals surface area (Å²) < 4.78 is 5.37. The van der Waals surface area contributed by atoms with Crippen molar-refractivity contribution in [2.24, 2.45) is 0 Å². The number of pyridine rings is 1. The van der Waals surface area contributed by atoms with Crippen molar-refractivity contribution in [3.8, 4) is 0 Å². The lowest BCUT2D eigenvalue weighted by Gasteiger charge is -2.30. The van der Waals surface area contributed by atoms with Crippen LogP contribution in [-0.4, -0.2) is 33.2 Å². The van der Waals surface area contributed by atoms with Crippen LogP contribution < -0.4 is 0 Å². The first-order valence-electron chi connectivity index (χ1n) is 6.44. The van der Waals surface area contributed by atoms with E-state index < -0.39 is 5.60 Å². The Bertz CT molecular complexity index is 480. The molecule has 19 heavy (non-hydrogen) atoms. The van der Waals surface area contributed by atoms with Crippen LogP contribution in [0.5, 0.6) is 0 Å². The number of nitrogens with zero attached hydrogens (tertiary/aromatic N) is 2. The summed E-state index contributed by atoms with van der Waals surface area (Å²) in [5.41, 5.74) is 2.27. The van der Waals surface area contributed by atoms with E-state index in [0.29, 0.717) is 13.1 Å². The zero-order chi connectivity index (χ0) is 14.0. The van der Waals surface area contributed by atoms with Gasteiger partial charge in [-0.25, -0.2) is 4.79 Å². The van der Waals surface area contributed by atoms with Crippen LogP contribution in [0, 0.1) is 0 Å². The van der Waals surface area contributed by atoms with Crippen LogP contribution in [0.4, 0.5) is 4.79 Å². The third-order valence-corrected chi connectivity index (χ3v) is 2.93. The van der Waals surface area contributed by atoms with Gasteiger partial charge in [0, 0.05) is 24.9 Å². The second-order valence-corrected chi connectivity index (χ2v) is 5.76. The van der Waals surface area contributed by atoms with Crippen molar-refractivity contribution in [3.63, 3.8) is 0 Å². The Morgan fingerprint density at radius 2 is 2.26 bits per heavy atom. The number of ether oxygens (including phenoxy) is 1. The molecular weight excluding hydrogens is 244 g/mol. The SMILES string of the molecule is CC(C)(C)OC(=O)N1CCc2ncc(CO)cc2C1. The van der Waals surface area contributed by atoms with Crippen molar-refractivity contribution in [1.29, 1.82) is 0 Å². The van der Waals surface area contributed by atoms with Gasteiger partial charge in [-0.2, -0.15) is 0 Å². The maximum atomic E-state index is 12.0. The molecule has 0 unspecified atom stereocenters. The van der Waals surface area contributed by atoms with E-state index in [1.54, 1.807) is 11.1 Å². The normalized spacial score (nSPS) is 15.1. The molecular formula is C14H20N2O3. The Balaban J connectivity index is 2.10. The maximum Gasteiger partial charge on any atom is 0.410 e. The number of carbonyl (C=O) groups excluding carboxylic acids is 1. The second-order valence-electron chi connectivity index (χ2n) is 5.76. The smallest absolute Gasteiger partial charge is 0.410 e. The summed E-state index contributed by atoms with van der Waals surface area (Å²) in [6, 6.07) is 1.90. The largest absolute Gasteiger partial charge is 0.444 e. The Morgan fingerprint density at radius 1 is 1.53 bits per heavy atom. The van der Waals surface area contributed by atoms with Crippen LogP contribution in [0.2, 0.25) is 0 Å². The molecule has 0 aromatic carbocycles. The Morgan fingerprint density at radius 3 is 2.89 bits per heavy atom. The minimum atomic E-state index is -0.484. The third-order valence-electron chi connectivity index (χ3n) is 2.93. The van der Waals surface area contributed by atoms with E-state index in [0.717, 1.165) is 23.2 Å². The van der Waals surface area contributed by atoms with Gasteiger partial charge in [0.25, 0.3) is 0 Å². The Kier molecular flexibility index (Phi) is 3.75. The van der Waals surface area contributed by atoms with Gasteiger partial charge in [0.15, 0.2) is 0 Å². The van der Waals surface area contributed by atoms with Crippen molar-refractivity contribution in [2.45, 2.75) is 45.9 Å². The number of rotatable bonds is 1. The first kappa shape index (κ1) is 13.8. The van der Waals surface area contributed by atoms with E-state index in [1.807, 2.05) is 26.8 Å². The predicted molar refractivity (Wildman–Crippen MR) is 70.5 cm³/mol. The standard InChI is InChI=1S/C14H20N2O3/c1-14(2,3)19-13(18)16-5-4-12-11(8-16)6-10(9-17)7-15-12/h6-7,17H,4-5,8-9H2,1-3H3. The summed E-state index contributed by atoms with van der Waals surface area (Å²) in [5, 5.41) is 9.12. The van der Waals surface area contributed by atoms with Gasteiger partial charge in [-0.15, -0.1) is 0 Å². The molecule has 5 nitrogen and oxygen atoms in total. The molecule has 1 aliphatic heterocycles. The summed E-state index contributed by atoms with van der Waals surface area (Å²) in [6.45, 7) is 6.64. The molecule has 2 heterocycles. The first-order valence-corrected chi connectivity index (χ1v) is 6.44. The zero-order valence-electron chi connectivity index (χ0n) is 11.6. The van der Waals surface area contributed by atoms with Gasteiger partial charge in [0.05, 0.1) is 13.2 Å². The van der Waals surface area contributed by atoms with E-state index in [-0.39, 0.29) is 12.7 Å². The summed E-state index contributed by atoms with van der Waals surface area (Å²) in [4.78, 5) is 18.0. The van der Waals surface area contributed by atoms with Gasteiger partial charge in [-0.05, 0) is 38.0 Å². The number of hydrogen-bond acceptors (Lipinski definition) is 4. The molecule has 1 amide bonds. The topological polar surface area (TPSA) is 62.7 Å². The Labute approximate surface area is 113 Å². The summed E-state index contributed by atoms with van der Waals surface area (Å²) in [6.07, 6.45) is 2.11. The monoisotopic (exact) mass is 264 g/mol. The van der Waals surface area contributed by atoms with Crippen molar-refractivity contribution in [1.82, 2.24) is 9.88 Å². The van der Waals surface area contributed by atoms with Crippen molar-refractivity contribution >= 4 is 6.09 Å². The summed E-state index contributed by atoms with van der Waals surface area (Å²) >= 11 is 0. The lowest BCUT2D eigenvalue weighted by Crippen LogP contribution is -2.40. The van der Waals surface area contributed by atoms with Gasteiger partial charge in [0.2, 0.25) is 0 Å². The minimum absolute atomic E-state index is 0.0350. The molecule has 0 spiro atoms. The second kappa shape index (κ2) is 5.17. The summed E-state index contributed by atoms with van der Waals surface area (Å²) in [5.74, 6) is 0. The van der Waals surface area contributed by atoms with E-state index in [9.17, 15) is 4.79 Å². The number of aliphatic hydroxyl groups is 1. The molecule has 1 aromatic heterocycles. The van der Waals surface area contributed by atoms with Crippen LogP contribution in [0.25, 0.3) is 0 Å². The first-order chi connectivity index (χ1) is 8.89. The molecule has 0 fully saturated rings. The number of aromatic nitrogens is 1. The van der Waals surface area contributed by atoms with Gasteiger partial charge in [-0.3, -0.25) is 4.98 Å². The number of carbonyl (C=O) groups is 1.